The zero-order chi connectivity index (χ0) is 15.8. The van der Waals surface area contributed by atoms with Crippen LogP contribution in [0.15, 0.2) is 11.5 Å². The lowest BCUT2D eigenvalue weighted by molar-refractivity contribution is -0.144. The van der Waals surface area contributed by atoms with Gasteiger partial charge in [0.2, 0.25) is 5.76 Å². The van der Waals surface area contributed by atoms with Gasteiger partial charge >= 0.3 is 17.8 Å². The first-order valence-corrected chi connectivity index (χ1v) is 6.32. The Labute approximate surface area is 116 Å². The van der Waals surface area contributed by atoms with Gasteiger partial charge in [-0.3, -0.25) is 4.79 Å². The van der Waals surface area contributed by atoms with Gasteiger partial charge in [-0.1, -0.05) is 33.1 Å². The van der Waals surface area contributed by atoms with Crippen molar-refractivity contribution in [1.29, 1.82) is 0 Å². The quantitative estimate of drug-likeness (QED) is 0.334. The number of ether oxygens (including phenoxy) is 1. The molecule has 0 saturated carbocycles. The molecule has 1 unspecified atom stereocenters. The number of hydrogen-bond acceptors (Lipinski definition) is 3. The highest BCUT2D eigenvalue weighted by Gasteiger charge is 2.39. The molecule has 114 valence electrons. The van der Waals surface area contributed by atoms with E-state index in [2.05, 4.69) is 4.85 Å². The molecule has 1 N–H and O–H groups in total. The SMILES string of the molecule is [C-]#[N+]/C(C(=O)OCC(CC)CCCC)=C(/O)C(F)(F)F. The number of carbonyl (C=O) groups is 1. The molecule has 7 heteroatoms. The molecule has 0 aliphatic carbocycles. The first kappa shape index (κ1) is 18.3. The third kappa shape index (κ3) is 5.95. The second-order valence-corrected chi connectivity index (χ2v) is 4.32. The van der Waals surface area contributed by atoms with Crippen LogP contribution in [0.5, 0.6) is 0 Å². The minimum absolute atomic E-state index is 0.0407. The van der Waals surface area contributed by atoms with E-state index >= 15 is 0 Å². The summed E-state index contributed by atoms with van der Waals surface area (Å²) in [6, 6.07) is 0. The van der Waals surface area contributed by atoms with Crippen molar-refractivity contribution in [2.45, 2.75) is 45.7 Å². The molecule has 1 atom stereocenters. The van der Waals surface area contributed by atoms with Crippen LogP contribution in [0.2, 0.25) is 0 Å². The summed E-state index contributed by atoms with van der Waals surface area (Å²) in [6.07, 6.45) is -1.73. The Hall–Kier alpha value is -1.71. The number of hydrogen-bond donors (Lipinski definition) is 1. The molecular formula is C13H18F3NO3. The Morgan fingerprint density at radius 3 is 2.40 bits per heavy atom. The van der Waals surface area contributed by atoms with E-state index in [9.17, 15) is 18.0 Å². The van der Waals surface area contributed by atoms with Crippen molar-refractivity contribution in [1.82, 2.24) is 0 Å². The topological polar surface area (TPSA) is 50.9 Å². The fourth-order valence-electron chi connectivity index (χ4n) is 1.49. The maximum atomic E-state index is 12.2. The summed E-state index contributed by atoms with van der Waals surface area (Å²) in [5.74, 6) is -3.61. The Balaban J connectivity index is 4.71. The van der Waals surface area contributed by atoms with Crippen molar-refractivity contribution in [2.24, 2.45) is 5.92 Å². The second-order valence-electron chi connectivity index (χ2n) is 4.32. The lowest BCUT2D eigenvalue weighted by Gasteiger charge is -2.15. The Bertz CT molecular complexity index is 397. The van der Waals surface area contributed by atoms with Crippen LogP contribution in [-0.4, -0.2) is 23.9 Å². The fraction of sp³-hybridized carbons (Fsp3) is 0.692. The fourth-order valence-corrected chi connectivity index (χ4v) is 1.49. The van der Waals surface area contributed by atoms with Crippen LogP contribution >= 0.6 is 0 Å². The van der Waals surface area contributed by atoms with Crippen LogP contribution in [0.3, 0.4) is 0 Å². The molecule has 0 aromatic heterocycles. The molecule has 0 fully saturated rings. The standard InChI is InChI=1S/C13H18F3NO3/c1-4-6-7-9(5-2)8-20-12(19)10(17-3)11(18)13(14,15)16/h9,18H,4-8H2,1-2H3/b11-10+. The molecule has 4 nitrogen and oxygen atoms in total. The average Bonchev–Trinajstić information content (AvgIpc) is 2.38. The number of halogens is 3. The van der Waals surface area contributed by atoms with Crippen molar-refractivity contribution in [3.05, 3.63) is 22.9 Å². The minimum atomic E-state index is -5.13. The van der Waals surface area contributed by atoms with E-state index in [4.69, 9.17) is 16.4 Å². The third-order valence-electron chi connectivity index (χ3n) is 2.79. The number of aliphatic hydroxyl groups excluding tert-OH is 1. The van der Waals surface area contributed by atoms with Crippen LogP contribution < -0.4 is 0 Å². The summed E-state index contributed by atoms with van der Waals surface area (Å²) in [6.45, 7) is 10.4. The molecule has 0 saturated heterocycles. The van der Waals surface area contributed by atoms with E-state index < -0.39 is 23.6 Å². The van der Waals surface area contributed by atoms with Crippen molar-refractivity contribution in [3.63, 3.8) is 0 Å². The van der Waals surface area contributed by atoms with Crippen LogP contribution in [0, 0.1) is 12.5 Å². The number of aliphatic hydroxyl groups is 1. The predicted molar refractivity (Wildman–Crippen MR) is 66.6 cm³/mol. The molecule has 0 heterocycles. The highest BCUT2D eigenvalue weighted by atomic mass is 19.4. The molecule has 0 aliphatic heterocycles. The highest BCUT2D eigenvalue weighted by Crippen LogP contribution is 2.27. The first-order chi connectivity index (χ1) is 9.27. The first-order valence-electron chi connectivity index (χ1n) is 6.32. The van der Waals surface area contributed by atoms with Gasteiger partial charge in [-0.2, -0.15) is 13.2 Å². The number of allylic oxidation sites excluding steroid dienone is 1. The van der Waals surface area contributed by atoms with E-state index in [1.807, 2.05) is 13.8 Å². The maximum Gasteiger partial charge on any atom is 0.438 e. The molecule has 20 heavy (non-hydrogen) atoms. The Kier molecular flexibility index (Phi) is 7.74. The summed E-state index contributed by atoms with van der Waals surface area (Å²) in [7, 11) is 0. The van der Waals surface area contributed by atoms with E-state index in [0.717, 1.165) is 25.7 Å². The molecule has 0 bridgehead atoms. The summed E-state index contributed by atoms with van der Waals surface area (Å²) < 4.78 is 41.3. The number of nitrogens with zero attached hydrogens (tertiary/aromatic N) is 1. The number of esters is 1. The smallest absolute Gasteiger partial charge is 0.438 e. The zero-order valence-electron chi connectivity index (χ0n) is 11.5. The Morgan fingerprint density at radius 1 is 1.40 bits per heavy atom. The van der Waals surface area contributed by atoms with E-state index in [1.54, 1.807) is 0 Å². The van der Waals surface area contributed by atoms with Gasteiger partial charge in [0.25, 0.3) is 0 Å². The van der Waals surface area contributed by atoms with Gasteiger partial charge in [-0.05, 0) is 12.3 Å². The van der Waals surface area contributed by atoms with E-state index in [-0.39, 0.29) is 12.5 Å². The van der Waals surface area contributed by atoms with Crippen LogP contribution in [0.1, 0.15) is 39.5 Å². The zero-order valence-corrected chi connectivity index (χ0v) is 11.5. The summed E-state index contributed by atoms with van der Waals surface area (Å²) in [5.41, 5.74) is -1.43. The van der Waals surface area contributed by atoms with E-state index in [1.165, 1.54) is 0 Å². The molecule has 0 aliphatic rings. The van der Waals surface area contributed by atoms with Crippen molar-refractivity contribution in [3.8, 4) is 0 Å². The number of rotatable bonds is 7. The van der Waals surface area contributed by atoms with Crippen LogP contribution in [0.4, 0.5) is 13.2 Å². The van der Waals surface area contributed by atoms with Gasteiger partial charge in [0.1, 0.15) is 0 Å². The van der Waals surface area contributed by atoms with E-state index in [0.29, 0.717) is 0 Å². The molecule has 0 rings (SSSR count). The molecule has 0 amide bonds. The van der Waals surface area contributed by atoms with Gasteiger partial charge in [0.15, 0.2) is 0 Å². The second kappa shape index (κ2) is 8.46. The van der Waals surface area contributed by atoms with Gasteiger partial charge in [-0.15, -0.1) is 0 Å². The summed E-state index contributed by atoms with van der Waals surface area (Å²) in [4.78, 5) is 13.8. The molecule has 0 aromatic rings. The van der Waals surface area contributed by atoms with Gasteiger partial charge in [0, 0.05) is 0 Å². The van der Waals surface area contributed by atoms with Crippen LogP contribution in [-0.2, 0) is 9.53 Å². The maximum absolute atomic E-state index is 12.2. The summed E-state index contributed by atoms with van der Waals surface area (Å²) >= 11 is 0. The monoisotopic (exact) mass is 293 g/mol. The number of alkyl halides is 3. The Morgan fingerprint density at radius 2 is 2.00 bits per heavy atom. The normalized spacial score (nSPS) is 14.2. The van der Waals surface area contributed by atoms with Crippen molar-refractivity contribution in [2.75, 3.05) is 6.61 Å². The average molecular weight is 293 g/mol. The number of carbonyl (C=O) groups excluding carboxylic acids is 1. The molecule has 0 aromatic carbocycles. The van der Waals surface area contributed by atoms with Crippen molar-refractivity contribution < 1.29 is 27.8 Å². The van der Waals surface area contributed by atoms with Crippen LogP contribution in [0.25, 0.3) is 4.85 Å². The third-order valence-corrected chi connectivity index (χ3v) is 2.79. The predicted octanol–water partition coefficient (Wildman–Crippen LogP) is 4.00. The largest absolute Gasteiger partial charge is 0.515 e. The molecule has 0 radical (unpaired) electrons. The highest BCUT2D eigenvalue weighted by molar-refractivity contribution is 5.91. The van der Waals surface area contributed by atoms with Crippen molar-refractivity contribution >= 4 is 5.97 Å². The van der Waals surface area contributed by atoms with Gasteiger partial charge in [0.05, 0.1) is 13.2 Å². The summed E-state index contributed by atoms with van der Waals surface area (Å²) in [5, 5.41) is 8.82. The number of unbranched alkanes of at least 4 members (excludes halogenated alkanes) is 1. The molecule has 0 spiro atoms. The lowest BCUT2D eigenvalue weighted by Crippen LogP contribution is -2.20. The molecular weight excluding hydrogens is 275 g/mol. The van der Waals surface area contributed by atoms with Gasteiger partial charge < -0.3 is 9.84 Å². The minimum Gasteiger partial charge on any atom is -0.515 e. The van der Waals surface area contributed by atoms with Gasteiger partial charge in [-0.25, -0.2) is 4.85 Å². The lowest BCUT2D eigenvalue weighted by atomic mass is 10.0.